The van der Waals surface area contributed by atoms with E-state index in [0.29, 0.717) is 11.8 Å². The standard InChI is InChI=1S/C13H15NO/c1-8(14)11-7-12(11)9-3-2-4-13-10(9)5-6-15-13/h2-4,11-12,14H,5-7H2,1H3. The van der Waals surface area contributed by atoms with Gasteiger partial charge in [0.1, 0.15) is 5.75 Å². The van der Waals surface area contributed by atoms with Gasteiger partial charge >= 0.3 is 0 Å². The summed E-state index contributed by atoms with van der Waals surface area (Å²) in [4.78, 5) is 0. The Balaban J connectivity index is 1.94. The normalized spacial score (nSPS) is 27.0. The Hall–Kier alpha value is -1.31. The summed E-state index contributed by atoms with van der Waals surface area (Å²) < 4.78 is 5.56. The van der Waals surface area contributed by atoms with E-state index in [-0.39, 0.29) is 0 Å². The van der Waals surface area contributed by atoms with E-state index in [1.807, 2.05) is 6.92 Å². The highest BCUT2D eigenvalue weighted by Crippen LogP contribution is 2.50. The Kier molecular flexibility index (Phi) is 1.84. The predicted octanol–water partition coefficient (Wildman–Crippen LogP) is 2.76. The molecule has 1 heterocycles. The van der Waals surface area contributed by atoms with Gasteiger partial charge in [0.2, 0.25) is 0 Å². The van der Waals surface area contributed by atoms with Crippen LogP contribution in [0.5, 0.6) is 5.75 Å². The molecule has 0 saturated heterocycles. The maximum Gasteiger partial charge on any atom is 0.122 e. The molecule has 1 aliphatic carbocycles. The molecule has 1 fully saturated rings. The number of hydrogen-bond donors (Lipinski definition) is 1. The van der Waals surface area contributed by atoms with Crippen LogP contribution in [0.3, 0.4) is 0 Å². The molecule has 0 bridgehead atoms. The van der Waals surface area contributed by atoms with Gasteiger partial charge in [0.05, 0.1) is 6.61 Å². The van der Waals surface area contributed by atoms with Crippen LogP contribution >= 0.6 is 0 Å². The molecule has 78 valence electrons. The van der Waals surface area contributed by atoms with Crippen LogP contribution < -0.4 is 4.74 Å². The highest BCUT2D eigenvalue weighted by molar-refractivity contribution is 5.85. The lowest BCUT2D eigenvalue weighted by atomic mass is 9.99. The number of rotatable bonds is 2. The molecule has 2 aliphatic rings. The number of benzene rings is 1. The van der Waals surface area contributed by atoms with Crippen molar-refractivity contribution in [2.24, 2.45) is 5.92 Å². The smallest absolute Gasteiger partial charge is 0.122 e. The molecule has 2 unspecified atom stereocenters. The van der Waals surface area contributed by atoms with Gasteiger partial charge in [-0.3, -0.25) is 0 Å². The van der Waals surface area contributed by atoms with Crippen LogP contribution in [0, 0.1) is 11.3 Å². The molecule has 2 nitrogen and oxygen atoms in total. The third kappa shape index (κ3) is 1.36. The summed E-state index contributed by atoms with van der Waals surface area (Å²) in [5, 5.41) is 7.66. The molecule has 1 aliphatic heterocycles. The van der Waals surface area contributed by atoms with Crippen molar-refractivity contribution in [3.05, 3.63) is 29.3 Å². The van der Waals surface area contributed by atoms with Gasteiger partial charge < -0.3 is 10.1 Å². The van der Waals surface area contributed by atoms with Gasteiger partial charge in [-0.15, -0.1) is 0 Å². The molecule has 0 amide bonds. The lowest BCUT2D eigenvalue weighted by Gasteiger charge is -2.05. The maximum absolute atomic E-state index is 7.66. The van der Waals surface area contributed by atoms with Gasteiger partial charge in [-0.05, 0) is 30.9 Å². The van der Waals surface area contributed by atoms with Crippen molar-refractivity contribution >= 4 is 5.71 Å². The second-order valence-corrected chi connectivity index (χ2v) is 4.55. The zero-order valence-corrected chi connectivity index (χ0v) is 8.92. The summed E-state index contributed by atoms with van der Waals surface area (Å²) in [5.74, 6) is 2.16. The van der Waals surface area contributed by atoms with Gasteiger partial charge in [0, 0.05) is 23.6 Å². The van der Waals surface area contributed by atoms with Gasteiger partial charge in [-0.2, -0.15) is 0 Å². The minimum Gasteiger partial charge on any atom is -0.493 e. The Morgan fingerprint density at radius 1 is 1.47 bits per heavy atom. The molecular weight excluding hydrogens is 186 g/mol. The van der Waals surface area contributed by atoms with Crippen molar-refractivity contribution in [2.45, 2.75) is 25.7 Å². The van der Waals surface area contributed by atoms with E-state index in [9.17, 15) is 0 Å². The largest absolute Gasteiger partial charge is 0.493 e. The van der Waals surface area contributed by atoms with Crippen molar-refractivity contribution < 1.29 is 4.74 Å². The van der Waals surface area contributed by atoms with Crippen LogP contribution in [0.25, 0.3) is 0 Å². The first kappa shape index (κ1) is 8.96. The second-order valence-electron chi connectivity index (χ2n) is 4.55. The summed E-state index contributed by atoms with van der Waals surface area (Å²) in [7, 11) is 0. The van der Waals surface area contributed by atoms with Crippen molar-refractivity contribution in [2.75, 3.05) is 6.61 Å². The monoisotopic (exact) mass is 201 g/mol. The minimum absolute atomic E-state index is 0.497. The molecule has 0 spiro atoms. The molecule has 2 heteroatoms. The average molecular weight is 201 g/mol. The minimum atomic E-state index is 0.497. The van der Waals surface area contributed by atoms with Crippen molar-refractivity contribution in [3.63, 3.8) is 0 Å². The van der Waals surface area contributed by atoms with Crippen LogP contribution in [0.2, 0.25) is 0 Å². The quantitative estimate of drug-likeness (QED) is 0.733. The Labute approximate surface area is 89.8 Å². The maximum atomic E-state index is 7.66. The highest BCUT2D eigenvalue weighted by atomic mass is 16.5. The Bertz CT molecular complexity index is 425. The summed E-state index contributed by atoms with van der Waals surface area (Å²) in [5.41, 5.74) is 3.66. The van der Waals surface area contributed by atoms with Gasteiger partial charge in [-0.25, -0.2) is 0 Å². The first-order valence-electron chi connectivity index (χ1n) is 5.57. The number of hydrogen-bond acceptors (Lipinski definition) is 2. The van der Waals surface area contributed by atoms with Crippen LogP contribution in [-0.2, 0) is 6.42 Å². The molecule has 0 radical (unpaired) electrons. The first-order valence-corrected chi connectivity index (χ1v) is 5.57. The van der Waals surface area contributed by atoms with Gasteiger partial charge in [0.15, 0.2) is 0 Å². The van der Waals surface area contributed by atoms with Crippen LogP contribution in [-0.4, -0.2) is 12.3 Å². The molecule has 2 atom stereocenters. The van der Waals surface area contributed by atoms with Crippen molar-refractivity contribution in [1.82, 2.24) is 0 Å². The third-order valence-electron chi connectivity index (χ3n) is 3.52. The molecule has 15 heavy (non-hydrogen) atoms. The second kappa shape index (κ2) is 3.09. The summed E-state index contributed by atoms with van der Waals surface area (Å²) >= 11 is 0. The van der Waals surface area contributed by atoms with Crippen molar-refractivity contribution in [1.29, 1.82) is 5.41 Å². The molecular formula is C13H15NO. The van der Waals surface area contributed by atoms with Crippen LogP contribution in [0.4, 0.5) is 0 Å². The predicted molar refractivity (Wildman–Crippen MR) is 59.9 cm³/mol. The first-order chi connectivity index (χ1) is 7.27. The lowest BCUT2D eigenvalue weighted by molar-refractivity contribution is 0.357. The van der Waals surface area contributed by atoms with E-state index < -0.39 is 0 Å². The summed E-state index contributed by atoms with van der Waals surface area (Å²) in [6.45, 7) is 2.75. The third-order valence-corrected chi connectivity index (χ3v) is 3.52. The summed E-state index contributed by atoms with van der Waals surface area (Å²) in [6.07, 6.45) is 2.21. The number of ether oxygens (including phenoxy) is 1. The highest BCUT2D eigenvalue weighted by Gasteiger charge is 2.41. The molecule has 3 rings (SSSR count). The van der Waals surface area contributed by atoms with E-state index in [1.165, 1.54) is 11.1 Å². The molecule has 1 N–H and O–H groups in total. The fourth-order valence-corrected chi connectivity index (χ4v) is 2.61. The Morgan fingerprint density at radius 2 is 2.33 bits per heavy atom. The van der Waals surface area contributed by atoms with E-state index >= 15 is 0 Å². The van der Waals surface area contributed by atoms with Crippen LogP contribution in [0.1, 0.15) is 30.4 Å². The molecule has 1 aromatic carbocycles. The van der Waals surface area contributed by atoms with E-state index in [4.69, 9.17) is 10.1 Å². The fraction of sp³-hybridized carbons (Fsp3) is 0.462. The number of nitrogens with one attached hydrogen (secondary N) is 1. The van der Waals surface area contributed by atoms with E-state index in [0.717, 1.165) is 30.9 Å². The van der Waals surface area contributed by atoms with Crippen molar-refractivity contribution in [3.8, 4) is 5.75 Å². The van der Waals surface area contributed by atoms with Gasteiger partial charge in [0.25, 0.3) is 0 Å². The Morgan fingerprint density at radius 3 is 3.07 bits per heavy atom. The van der Waals surface area contributed by atoms with E-state index in [1.54, 1.807) is 0 Å². The SMILES string of the molecule is CC(=N)C1CC1c1cccc2c1CCO2. The molecule has 1 saturated carbocycles. The average Bonchev–Trinajstić information content (AvgIpc) is 2.87. The van der Waals surface area contributed by atoms with Gasteiger partial charge in [-0.1, -0.05) is 12.1 Å². The molecule has 0 aromatic heterocycles. The van der Waals surface area contributed by atoms with Crippen LogP contribution in [0.15, 0.2) is 18.2 Å². The topological polar surface area (TPSA) is 33.1 Å². The lowest BCUT2D eigenvalue weighted by Crippen LogP contribution is -1.96. The zero-order chi connectivity index (χ0) is 10.4. The summed E-state index contributed by atoms with van der Waals surface area (Å²) in [6, 6.07) is 6.34. The number of fused-ring (bicyclic) bond motifs is 1. The van der Waals surface area contributed by atoms with E-state index in [2.05, 4.69) is 18.2 Å². The zero-order valence-electron chi connectivity index (χ0n) is 8.92. The molecule has 1 aromatic rings. The fourth-order valence-electron chi connectivity index (χ4n) is 2.61.